The number of benzene rings is 2. The molecule has 0 spiro atoms. The fourth-order valence-corrected chi connectivity index (χ4v) is 4.27. The summed E-state index contributed by atoms with van der Waals surface area (Å²) < 4.78 is 1.76. The number of rotatable bonds is 6. The Balaban J connectivity index is 1.52. The van der Waals surface area contributed by atoms with Gasteiger partial charge in [0.15, 0.2) is 0 Å². The first-order chi connectivity index (χ1) is 15.9. The Hall–Kier alpha value is -3.41. The van der Waals surface area contributed by atoms with Crippen LogP contribution in [-0.2, 0) is 4.79 Å². The third-order valence-electron chi connectivity index (χ3n) is 6.04. The minimum absolute atomic E-state index is 0.0473. The number of carbonyl (C=O) groups is 2. The standard InChI is InChI=1S/C27H32N4O2/c1-19(2)16-25(32)30-14-12-22(13-15-30)28-27(33)24-18-31(23-10-5-4-6-11-23)29-26(24)21-9-7-8-20(3)17-21/h4-11,17-19,22H,12-16H2,1-3H3,(H,28,33). The minimum Gasteiger partial charge on any atom is -0.349 e. The highest BCUT2D eigenvalue weighted by Gasteiger charge is 2.26. The van der Waals surface area contributed by atoms with Gasteiger partial charge in [-0.15, -0.1) is 0 Å². The summed E-state index contributed by atoms with van der Waals surface area (Å²) in [5.74, 6) is 0.442. The monoisotopic (exact) mass is 444 g/mol. The van der Waals surface area contributed by atoms with Crippen LogP contribution in [0.4, 0.5) is 0 Å². The molecule has 1 saturated heterocycles. The summed E-state index contributed by atoms with van der Waals surface area (Å²) in [7, 11) is 0. The highest BCUT2D eigenvalue weighted by Crippen LogP contribution is 2.25. The van der Waals surface area contributed by atoms with Crippen LogP contribution in [0.2, 0.25) is 0 Å². The molecular weight excluding hydrogens is 412 g/mol. The van der Waals surface area contributed by atoms with E-state index in [1.165, 1.54) is 0 Å². The zero-order valence-electron chi connectivity index (χ0n) is 19.6. The second-order valence-electron chi connectivity index (χ2n) is 9.27. The summed E-state index contributed by atoms with van der Waals surface area (Å²) in [5, 5.41) is 7.97. The summed E-state index contributed by atoms with van der Waals surface area (Å²) in [6, 6.07) is 17.9. The molecule has 0 saturated carbocycles. The average Bonchev–Trinajstić information content (AvgIpc) is 3.25. The normalized spacial score (nSPS) is 14.5. The van der Waals surface area contributed by atoms with Crippen LogP contribution in [0.5, 0.6) is 0 Å². The summed E-state index contributed by atoms with van der Waals surface area (Å²) in [5.41, 5.74) is 4.17. The summed E-state index contributed by atoms with van der Waals surface area (Å²) >= 11 is 0. The maximum atomic E-state index is 13.4. The van der Waals surface area contributed by atoms with Crippen LogP contribution in [-0.4, -0.2) is 45.6 Å². The van der Waals surface area contributed by atoms with Crippen molar-refractivity contribution in [2.45, 2.75) is 46.1 Å². The Kier molecular flexibility index (Phi) is 6.92. The number of nitrogens with one attached hydrogen (secondary N) is 1. The Morgan fingerprint density at radius 2 is 1.79 bits per heavy atom. The third-order valence-corrected chi connectivity index (χ3v) is 6.04. The van der Waals surface area contributed by atoms with Gasteiger partial charge in [-0.1, -0.05) is 55.8 Å². The topological polar surface area (TPSA) is 67.2 Å². The molecular formula is C27H32N4O2. The number of para-hydroxylation sites is 1. The second kappa shape index (κ2) is 10.0. The number of hydrogen-bond acceptors (Lipinski definition) is 3. The van der Waals surface area contributed by atoms with E-state index in [0.717, 1.165) is 29.7 Å². The second-order valence-corrected chi connectivity index (χ2v) is 9.27. The first kappa shape index (κ1) is 22.8. The molecule has 1 aromatic heterocycles. The van der Waals surface area contributed by atoms with Crippen LogP contribution in [0.25, 0.3) is 16.9 Å². The van der Waals surface area contributed by atoms with Crippen molar-refractivity contribution >= 4 is 11.8 Å². The molecule has 33 heavy (non-hydrogen) atoms. The molecule has 172 valence electrons. The summed E-state index contributed by atoms with van der Waals surface area (Å²) in [6.07, 6.45) is 3.92. The van der Waals surface area contributed by atoms with Crippen molar-refractivity contribution in [2.24, 2.45) is 5.92 Å². The highest BCUT2D eigenvalue weighted by atomic mass is 16.2. The molecule has 3 aromatic rings. The molecule has 1 aliphatic rings. The van der Waals surface area contributed by atoms with Gasteiger partial charge in [0.25, 0.3) is 5.91 Å². The Morgan fingerprint density at radius 3 is 2.45 bits per heavy atom. The maximum Gasteiger partial charge on any atom is 0.255 e. The Labute approximate surface area is 195 Å². The fourth-order valence-electron chi connectivity index (χ4n) is 4.27. The first-order valence-electron chi connectivity index (χ1n) is 11.7. The molecule has 2 amide bonds. The van der Waals surface area contributed by atoms with Crippen LogP contribution in [0.1, 0.15) is 49.0 Å². The number of nitrogens with zero attached hydrogens (tertiary/aromatic N) is 3. The van der Waals surface area contributed by atoms with Crippen LogP contribution in [0.15, 0.2) is 60.8 Å². The smallest absolute Gasteiger partial charge is 0.255 e. The van der Waals surface area contributed by atoms with Gasteiger partial charge < -0.3 is 10.2 Å². The van der Waals surface area contributed by atoms with E-state index in [1.54, 1.807) is 4.68 Å². The molecule has 0 bridgehead atoms. The van der Waals surface area contributed by atoms with Crippen LogP contribution < -0.4 is 5.32 Å². The lowest BCUT2D eigenvalue weighted by molar-refractivity contribution is -0.133. The predicted octanol–water partition coefficient (Wildman–Crippen LogP) is 4.61. The average molecular weight is 445 g/mol. The Bertz CT molecular complexity index is 1110. The molecule has 6 nitrogen and oxygen atoms in total. The number of likely N-dealkylation sites (tertiary alicyclic amines) is 1. The number of amides is 2. The van der Waals surface area contributed by atoms with E-state index in [0.29, 0.717) is 36.7 Å². The van der Waals surface area contributed by atoms with E-state index in [1.807, 2.05) is 72.6 Å². The summed E-state index contributed by atoms with van der Waals surface area (Å²) in [6.45, 7) is 7.53. The van der Waals surface area contributed by atoms with Crippen molar-refractivity contribution in [3.05, 3.63) is 71.9 Å². The molecule has 1 N–H and O–H groups in total. The molecule has 1 fully saturated rings. The lowest BCUT2D eigenvalue weighted by Gasteiger charge is -2.32. The van der Waals surface area contributed by atoms with Crippen molar-refractivity contribution in [2.75, 3.05) is 13.1 Å². The number of aromatic nitrogens is 2. The number of piperidine rings is 1. The molecule has 0 unspecified atom stereocenters. The molecule has 0 aliphatic carbocycles. The van der Waals surface area contributed by atoms with Gasteiger partial charge in [0, 0.05) is 37.3 Å². The molecule has 0 atom stereocenters. The third kappa shape index (κ3) is 5.51. The van der Waals surface area contributed by atoms with Crippen LogP contribution >= 0.6 is 0 Å². The van der Waals surface area contributed by atoms with Crippen molar-refractivity contribution in [1.29, 1.82) is 0 Å². The van der Waals surface area contributed by atoms with Gasteiger partial charge in [-0.05, 0) is 43.9 Å². The zero-order valence-corrected chi connectivity index (χ0v) is 19.6. The van der Waals surface area contributed by atoms with E-state index in [4.69, 9.17) is 5.10 Å². The van der Waals surface area contributed by atoms with E-state index in [-0.39, 0.29) is 17.9 Å². The lowest BCUT2D eigenvalue weighted by Crippen LogP contribution is -2.46. The van der Waals surface area contributed by atoms with Crippen molar-refractivity contribution in [1.82, 2.24) is 20.0 Å². The minimum atomic E-state index is -0.124. The molecule has 6 heteroatoms. The van der Waals surface area contributed by atoms with Gasteiger partial charge in [-0.25, -0.2) is 4.68 Å². The first-order valence-corrected chi connectivity index (χ1v) is 11.7. The molecule has 2 aromatic carbocycles. The van der Waals surface area contributed by atoms with Gasteiger partial charge in [0.2, 0.25) is 5.91 Å². The molecule has 4 rings (SSSR count). The number of carbonyl (C=O) groups excluding carboxylic acids is 2. The quantitative estimate of drug-likeness (QED) is 0.604. The zero-order chi connectivity index (χ0) is 23.4. The van der Waals surface area contributed by atoms with Crippen LogP contribution in [0.3, 0.4) is 0 Å². The molecule has 2 heterocycles. The van der Waals surface area contributed by atoms with Gasteiger partial charge in [-0.3, -0.25) is 9.59 Å². The number of aryl methyl sites for hydroxylation is 1. The van der Waals surface area contributed by atoms with E-state index in [2.05, 4.69) is 19.2 Å². The van der Waals surface area contributed by atoms with Gasteiger partial charge >= 0.3 is 0 Å². The number of hydrogen-bond donors (Lipinski definition) is 1. The predicted molar refractivity (Wildman–Crippen MR) is 130 cm³/mol. The highest BCUT2D eigenvalue weighted by molar-refractivity contribution is 6.00. The van der Waals surface area contributed by atoms with Crippen LogP contribution in [0, 0.1) is 12.8 Å². The van der Waals surface area contributed by atoms with E-state index >= 15 is 0 Å². The van der Waals surface area contributed by atoms with E-state index < -0.39 is 0 Å². The largest absolute Gasteiger partial charge is 0.349 e. The fraction of sp³-hybridized carbons (Fsp3) is 0.370. The lowest BCUT2D eigenvalue weighted by atomic mass is 10.0. The van der Waals surface area contributed by atoms with Crippen molar-refractivity contribution < 1.29 is 9.59 Å². The SMILES string of the molecule is Cc1cccc(-c2nn(-c3ccccc3)cc2C(=O)NC2CCN(C(=O)CC(C)C)CC2)c1. The summed E-state index contributed by atoms with van der Waals surface area (Å²) in [4.78, 5) is 27.6. The molecule has 1 aliphatic heterocycles. The van der Waals surface area contributed by atoms with E-state index in [9.17, 15) is 9.59 Å². The Morgan fingerprint density at radius 1 is 1.06 bits per heavy atom. The van der Waals surface area contributed by atoms with Gasteiger partial charge in [-0.2, -0.15) is 5.10 Å². The van der Waals surface area contributed by atoms with Crippen molar-refractivity contribution in [3.8, 4) is 16.9 Å². The van der Waals surface area contributed by atoms with Crippen molar-refractivity contribution in [3.63, 3.8) is 0 Å². The van der Waals surface area contributed by atoms with Gasteiger partial charge in [0.1, 0.15) is 5.69 Å². The molecule has 0 radical (unpaired) electrons. The maximum absolute atomic E-state index is 13.4. The van der Waals surface area contributed by atoms with Gasteiger partial charge in [0.05, 0.1) is 11.3 Å².